The number of carbonyl (C=O) groups excluding carboxylic acids is 6. The minimum Gasteiger partial charge on any atom is -0.480 e. The standard InChI is InChI=1S/C31H34N10O13S2/c1-3-39-8-9-40(25(47)24(39)46)29(52)35-17(13-4-6-15(7-5-13)33-31(53)54-10-16(32)27(48)49)20(42)34-18-22(44)41-19(28(50)51)14(11-55-26(18)41)12-56-30-37-36-21(43)23(45)38(30)2/h4-7,16-18,26H,3,8-12,32H2,1-2H3,(H,33,53)(H,34,42)(H,35,52)(H,36,43)(H,48,49)(H,50,51)/t16-,17-,18-,26-/m1/s1. The lowest BCUT2D eigenvalue weighted by atomic mass is 10.0. The summed E-state index contributed by atoms with van der Waals surface area (Å²) >= 11 is 2.09. The number of anilines is 1. The highest BCUT2D eigenvalue weighted by Crippen LogP contribution is 2.41. The molecule has 2 aromatic rings. The molecule has 0 saturated carbocycles. The Bertz CT molecular complexity index is 2140. The Morgan fingerprint density at radius 2 is 1.77 bits per heavy atom. The van der Waals surface area contributed by atoms with Crippen LogP contribution >= 0.6 is 23.5 Å². The number of fused-ring (bicyclic) bond motifs is 1. The zero-order chi connectivity index (χ0) is 41.0. The third-order valence-electron chi connectivity index (χ3n) is 8.63. The molecule has 56 heavy (non-hydrogen) atoms. The van der Waals surface area contributed by atoms with Crippen LogP contribution in [0.15, 0.2) is 50.3 Å². The van der Waals surface area contributed by atoms with E-state index in [9.17, 15) is 53.1 Å². The van der Waals surface area contributed by atoms with Gasteiger partial charge in [-0.3, -0.25) is 53.2 Å². The molecule has 298 valence electrons. The zero-order valence-corrected chi connectivity index (χ0v) is 31.0. The first-order valence-electron chi connectivity index (χ1n) is 16.5. The van der Waals surface area contributed by atoms with Gasteiger partial charge in [-0.1, -0.05) is 23.9 Å². The third-order valence-corrected chi connectivity index (χ3v) is 11.1. The molecule has 1 aromatic carbocycles. The molecule has 0 bridgehead atoms. The number of carbonyl (C=O) groups is 8. The third kappa shape index (κ3) is 8.52. The molecule has 4 heterocycles. The van der Waals surface area contributed by atoms with Gasteiger partial charge in [0.2, 0.25) is 5.91 Å². The van der Waals surface area contributed by atoms with Gasteiger partial charge in [-0.2, -0.15) is 0 Å². The number of piperazine rings is 1. The number of likely N-dealkylation sites (N-methyl/N-ethyl adjacent to an activating group) is 1. The van der Waals surface area contributed by atoms with Crippen molar-refractivity contribution in [3.63, 3.8) is 0 Å². The second-order valence-electron chi connectivity index (χ2n) is 12.2. The van der Waals surface area contributed by atoms with Gasteiger partial charge >= 0.3 is 47.0 Å². The Morgan fingerprint density at radius 1 is 1.07 bits per heavy atom. The molecule has 0 spiro atoms. The average Bonchev–Trinajstić information content (AvgIpc) is 3.17. The van der Waals surface area contributed by atoms with Crippen molar-refractivity contribution in [2.75, 3.05) is 43.1 Å². The summed E-state index contributed by atoms with van der Waals surface area (Å²) in [4.78, 5) is 128. The van der Waals surface area contributed by atoms with Crippen LogP contribution in [-0.2, 0) is 40.6 Å². The van der Waals surface area contributed by atoms with Crippen molar-refractivity contribution in [3.05, 3.63) is 61.8 Å². The minimum atomic E-state index is -1.60. The first-order chi connectivity index (χ1) is 26.5. The summed E-state index contributed by atoms with van der Waals surface area (Å²) in [5, 5.41) is 31.3. The van der Waals surface area contributed by atoms with Crippen LogP contribution in [0, 0.1) is 0 Å². The highest BCUT2D eigenvalue weighted by atomic mass is 32.2. The number of aromatic amines is 1. The molecule has 3 aliphatic rings. The van der Waals surface area contributed by atoms with Crippen molar-refractivity contribution in [2.24, 2.45) is 12.8 Å². The average molecular weight is 819 g/mol. The number of amides is 7. The summed E-state index contributed by atoms with van der Waals surface area (Å²) in [6.07, 6.45) is -1.04. The highest BCUT2D eigenvalue weighted by Gasteiger charge is 2.54. The monoisotopic (exact) mass is 818 g/mol. The summed E-state index contributed by atoms with van der Waals surface area (Å²) in [6, 6.07) is -0.163. The first kappa shape index (κ1) is 41.0. The molecule has 0 radical (unpaired) electrons. The SMILES string of the molecule is CCN1CCN(C(=O)N[C@@H](C(=O)N[C@@H]2C(=O)N3C(C(=O)O)=C(CSc4n[nH]c(=O)c(=O)n4C)CS[C@H]23)c2ccc(NC(=O)OC[C@@H](N)C(=O)O)cc2)C(=O)C1=O. The highest BCUT2D eigenvalue weighted by molar-refractivity contribution is 8.01. The Balaban J connectivity index is 1.33. The normalized spacial score (nSPS) is 19.1. The Kier molecular flexibility index (Phi) is 12.5. The molecular weight excluding hydrogens is 785 g/mol. The van der Waals surface area contributed by atoms with E-state index in [4.69, 9.17) is 15.6 Å². The molecule has 8 N–H and O–H groups in total. The van der Waals surface area contributed by atoms with E-state index < -0.39 is 88.9 Å². The van der Waals surface area contributed by atoms with E-state index in [-0.39, 0.29) is 53.2 Å². The Labute approximate surface area is 322 Å². The van der Waals surface area contributed by atoms with Crippen LogP contribution in [0.3, 0.4) is 0 Å². The van der Waals surface area contributed by atoms with Crippen molar-refractivity contribution in [3.8, 4) is 0 Å². The molecule has 23 nitrogen and oxygen atoms in total. The van der Waals surface area contributed by atoms with Crippen LogP contribution in [-0.4, -0.2) is 143 Å². The summed E-state index contributed by atoms with van der Waals surface area (Å²) in [5.41, 5.74) is 3.70. The minimum absolute atomic E-state index is 0.0191. The summed E-state index contributed by atoms with van der Waals surface area (Å²) in [6.45, 7) is 1.12. The van der Waals surface area contributed by atoms with Crippen molar-refractivity contribution in [2.45, 2.75) is 35.6 Å². The summed E-state index contributed by atoms with van der Waals surface area (Å²) in [7, 11) is 1.32. The van der Waals surface area contributed by atoms with Crippen LogP contribution < -0.4 is 32.8 Å². The number of nitrogens with two attached hydrogens (primary N) is 1. The van der Waals surface area contributed by atoms with Gasteiger partial charge in [0.05, 0.1) is 0 Å². The van der Waals surface area contributed by atoms with Crippen LogP contribution in [0.2, 0.25) is 0 Å². The molecular formula is C31H34N10O13S2. The van der Waals surface area contributed by atoms with E-state index >= 15 is 0 Å². The fourth-order valence-corrected chi connectivity index (χ4v) is 8.00. The number of imide groups is 1. The van der Waals surface area contributed by atoms with E-state index in [1.807, 2.05) is 0 Å². The van der Waals surface area contributed by atoms with Gasteiger partial charge in [-0.05, 0) is 30.2 Å². The maximum Gasteiger partial charge on any atom is 0.411 e. The number of urea groups is 1. The van der Waals surface area contributed by atoms with Gasteiger partial charge in [-0.15, -0.1) is 16.9 Å². The van der Waals surface area contributed by atoms with Gasteiger partial charge in [0.25, 0.3) is 5.91 Å². The molecule has 1 aromatic heterocycles. The van der Waals surface area contributed by atoms with E-state index in [2.05, 4.69) is 26.1 Å². The number of nitrogens with zero attached hydrogens (tertiary/aromatic N) is 5. The maximum atomic E-state index is 13.9. The van der Waals surface area contributed by atoms with Gasteiger partial charge < -0.3 is 36.2 Å². The smallest absolute Gasteiger partial charge is 0.411 e. The number of aromatic nitrogens is 3. The van der Waals surface area contributed by atoms with Crippen LogP contribution in [0.25, 0.3) is 0 Å². The molecule has 2 fully saturated rings. The number of ether oxygens (including phenoxy) is 1. The number of carboxylic acid groups (broad SMARTS) is 2. The van der Waals surface area contributed by atoms with Crippen molar-refractivity contribution in [1.82, 2.24) is 40.1 Å². The molecule has 0 unspecified atom stereocenters. The molecule has 25 heteroatoms. The van der Waals surface area contributed by atoms with Gasteiger partial charge in [0.15, 0.2) is 5.16 Å². The maximum absolute atomic E-state index is 13.9. The Morgan fingerprint density at radius 3 is 2.41 bits per heavy atom. The molecule has 5 rings (SSSR count). The van der Waals surface area contributed by atoms with Gasteiger partial charge in [0.1, 0.15) is 35.8 Å². The number of rotatable bonds is 13. The molecule has 3 aliphatic heterocycles. The second-order valence-corrected chi connectivity index (χ2v) is 14.2. The van der Waals surface area contributed by atoms with Crippen molar-refractivity contribution in [1.29, 1.82) is 0 Å². The van der Waals surface area contributed by atoms with Crippen molar-refractivity contribution >= 4 is 76.9 Å². The number of nitrogens with one attached hydrogen (secondary N) is 4. The molecule has 7 amide bonds. The van der Waals surface area contributed by atoms with E-state index in [1.54, 1.807) is 6.92 Å². The van der Waals surface area contributed by atoms with Crippen molar-refractivity contribution < 1.29 is 53.3 Å². The first-order valence-corrected chi connectivity index (χ1v) is 18.5. The fourth-order valence-electron chi connectivity index (χ4n) is 5.59. The van der Waals surface area contributed by atoms with E-state index in [1.165, 1.54) is 36.2 Å². The molecule has 0 aliphatic carbocycles. The number of thioether (sulfide) groups is 2. The Hall–Kier alpha value is -6.21. The lowest BCUT2D eigenvalue weighted by molar-refractivity contribution is -0.153. The topological polar surface area (TPSA) is 326 Å². The van der Waals surface area contributed by atoms with Crippen LogP contribution in [0.1, 0.15) is 18.5 Å². The number of H-pyrrole nitrogens is 1. The zero-order valence-electron chi connectivity index (χ0n) is 29.4. The number of hydrogen-bond acceptors (Lipinski definition) is 15. The second kappa shape index (κ2) is 17.1. The largest absolute Gasteiger partial charge is 0.480 e. The van der Waals surface area contributed by atoms with Gasteiger partial charge in [0, 0.05) is 43.9 Å². The quantitative estimate of drug-likeness (QED) is 0.0619. The number of β-lactam (4-membered cyclic amide) rings is 1. The predicted octanol–water partition coefficient (Wildman–Crippen LogP) is -2.60. The van der Waals surface area contributed by atoms with E-state index in [0.717, 1.165) is 33.0 Å². The number of benzene rings is 1. The number of carboxylic acids is 2. The van der Waals surface area contributed by atoms with E-state index in [0.29, 0.717) is 10.5 Å². The predicted molar refractivity (Wildman–Crippen MR) is 193 cm³/mol. The number of aliphatic carboxylic acids is 2. The van der Waals surface area contributed by atoms with Gasteiger partial charge in [-0.25, -0.2) is 19.5 Å². The summed E-state index contributed by atoms with van der Waals surface area (Å²) < 4.78 is 5.78. The lowest BCUT2D eigenvalue weighted by Gasteiger charge is -2.49. The van der Waals surface area contributed by atoms with Crippen LogP contribution in [0.5, 0.6) is 0 Å². The fraction of sp³-hybridized carbons (Fsp3) is 0.387. The lowest BCUT2D eigenvalue weighted by Crippen LogP contribution is -2.71. The van der Waals surface area contributed by atoms with Crippen LogP contribution in [0.4, 0.5) is 15.3 Å². The summed E-state index contributed by atoms with van der Waals surface area (Å²) in [5.74, 6) is -6.53. The molecule has 2 saturated heterocycles. The number of hydrogen-bond donors (Lipinski definition) is 7. The molecule has 4 atom stereocenters.